The van der Waals surface area contributed by atoms with Crippen LogP contribution in [0, 0.1) is 11.6 Å². The van der Waals surface area contributed by atoms with Gasteiger partial charge < -0.3 is 9.84 Å². The zero-order valence-corrected chi connectivity index (χ0v) is 13.9. The minimum absolute atomic E-state index is 0.00383. The number of aromatic nitrogens is 1. The van der Waals surface area contributed by atoms with Gasteiger partial charge in [-0.2, -0.15) is 0 Å². The molecule has 0 amide bonds. The molecule has 1 saturated carbocycles. The molecule has 7 heteroatoms. The van der Waals surface area contributed by atoms with Crippen LogP contribution < -0.4 is 0 Å². The summed E-state index contributed by atoms with van der Waals surface area (Å²) in [5.74, 6) is -1.20. The van der Waals surface area contributed by atoms with Gasteiger partial charge in [-0.3, -0.25) is 4.90 Å². The zero-order valence-electron chi connectivity index (χ0n) is 13.0. The summed E-state index contributed by atoms with van der Waals surface area (Å²) >= 11 is 1.40. The van der Waals surface area contributed by atoms with E-state index in [1.165, 1.54) is 29.5 Å². The Hall–Kier alpha value is -1.41. The van der Waals surface area contributed by atoms with Crippen LogP contribution in [0.2, 0.25) is 0 Å². The van der Waals surface area contributed by atoms with E-state index in [0.29, 0.717) is 25.4 Å². The smallest absolute Gasteiger partial charge is 0.135 e. The highest BCUT2D eigenvalue weighted by Crippen LogP contribution is 2.45. The van der Waals surface area contributed by atoms with E-state index in [1.807, 2.05) is 0 Å². The Morgan fingerprint density at radius 3 is 2.75 bits per heavy atom. The summed E-state index contributed by atoms with van der Waals surface area (Å²) in [6, 6.07) is 3.83. The molecule has 1 saturated heterocycles. The number of rotatable bonds is 4. The van der Waals surface area contributed by atoms with Crippen LogP contribution in [-0.2, 0) is 11.3 Å². The molecule has 24 heavy (non-hydrogen) atoms. The standard InChI is InChI=1S/C17H18F2N2O2S/c18-12-2-1-3-13(19)16(12)14-9-24-15(20-14)7-21-6-11(8-22)23-10-17(21)4-5-17/h1-3,9,11,22H,4-8,10H2. The molecule has 0 radical (unpaired) electrons. The van der Waals surface area contributed by atoms with Gasteiger partial charge in [0.15, 0.2) is 0 Å². The Morgan fingerprint density at radius 1 is 1.33 bits per heavy atom. The number of halogens is 2. The van der Waals surface area contributed by atoms with Crippen LogP contribution in [0.4, 0.5) is 8.78 Å². The van der Waals surface area contributed by atoms with E-state index in [0.717, 1.165) is 17.8 Å². The van der Waals surface area contributed by atoms with Crippen molar-refractivity contribution in [2.75, 3.05) is 19.8 Å². The first kappa shape index (κ1) is 16.1. The maximum atomic E-state index is 13.9. The van der Waals surface area contributed by atoms with Crippen molar-refractivity contribution in [1.82, 2.24) is 9.88 Å². The summed E-state index contributed by atoms with van der Waals surface area (Å²) in [5.41, 5.74) is 0.319. The summed E-state index contributed by atoms with van der Waals surface area (Å²) in [6.07, 6.45) is 1.97. The normalized spacial score (nSPS) is 22.9. The van der Waals surface area contributed by atoms with Gasteiger partial charge in [0.05, 0.1) is 37.1 Å². The van der Waals surface area contributed by atoms with E-state index >= 15 is 0 Å². The molecule has 2 aromatic rings. The summed E-state index contributed by atoms with van der Waals surface area (Å²) in [4.78, 5) is 6.72. The fraction of sp³-hybridized carbons (Fsp3) is 0.471. The lowest BCUT2D eigenvalue weighted by Crippen LogP contribution is -2.51. The number of nitrogens with zero attached hydrogens (tertiary/aromatic N) is 2. The summed E-state index contributed by atoms with van der Waals surface area (Å²) in [6.45, 7) is 1.88. The summed E-state index contributed by atoms with van der Waals surface area (Å²) in [7, 11) is 0. The first-order valence-corrected chi connectivity index (χ1v) is 8.85. The molecule has 0 bridgehead atoms. The molecule has 1 aromatic carbocycles. The van der Waals surface area contributed by atoms with Crippen molar-refractivity contribution in [3.05, 3.63) is 40.2 Å². The van der Waals surface area contributed by atoms with Crippen molar-refractivity contribution in [3.8, 4) is 11.3 Å². The van der Waals surface area contributed by atoms with E-state index in [-0.39, 0.29) is 23.8 Å². The predicted molar refractivity (Wildman–Crippen MR) is 86.7 cm³/mol. The van der Waals surface area contributed by atoms with Crippen LogP contribution in [0.5, 0.6) is 0 Å². The molecule has 2 fully saturated rings. The average molecular weight is 352 g/mol. The van der Waals surface area contributed by atoms with E-state index in [4.69, 9.17) is 4.74 Å². The molecular formula is C17H18F2N2O2S. The number of benzene rings is 1. The number of morpholine rings is 1. The molecule has 1 N–H and O–H groups in total. The quantitative estimate of drug-likeness (QED) is 0.919. The molecule has 2 heterocycles. The SMILES string of the molecule is OCC1CN(Cc2nc(-c3c(F)cccc3F)cs2)C2(CC2)CO1. The fourth-order valence-corrected chi connectivity index (χ4v) is 4.01. The Bertz CT molecular complexity index is 728. The molecule has 1 aliphatic carbocycles. The van der Waals surface area contributed by atoms with Crippen LogP contribution in [0.1, 0.15) is 17.8 Å². The van der Waals surface area contributed by atoms with Gasteiger partial charge in [0.25, 0.3) is 0 Å². The lowest BCUT2D eigenvalue weighted by Gasteiger charge is -2.39. The van der Waals surface area contributed by atoms with Crippen molar-refractivity contribution in [2.24, 2.45) is 0 Å². The minimum Gasteiger partial charge on any atom is -0.394 e. The second-order valence-corrected chi connectivity index (χ2v) is 7.39. The highest BCUT2D eigenvalue weighted by Gasteiger charge is 2.51. The number of thiazole rings is 1. The van der Waals surface area contributed by atoms with E-state index in [1.54, 1.807) is 5.38 Å². The van der Waals surface area contributed by atoms with Crippen molar-refractivity contribution < 1.29 is 18.6 Å². The molecule has 128 valence electrons. The number of hydrogen-bond acceptors (Lipinski definition) is 5. The topological polar surface area (TPSA) is 45.6 Å². The number of ether oxygens (including phenoxy) is 1. The second kappa shape index (κ2) is 6.15. The second-order valence-electron chi connectivity index (χ2n) is 6.44. The zero-order chi connectivity index (χ0) is 16.7. The molecule has 1 atom stereocenters. The highest BCUT2D eigenvalue weighted by atomic mass is 32.1. The number of aliphatic hydroxyl groups excluding tert-OH is 1. The first-order chi connectivity index (χ1) is 11.6. The van der Waals surface area contributed by atoms with Crippen molar-refractivity contribution in [2.45, 2.75) is 31.0 Å². The molecule has 4 rings (SSSR count). The maximum absolute atomic E-state index is 13.9. The lowest BCUT2D eigenvalue weighted by atomic mass is 10.1. The Labute approximate surface area is 142 Å². The Morgan fingerprint density at radius 2 is 2.08 bits per heavy atom. The average Bonchev–Trinajstić information content (AvgIpc) is 3.20. The Kier molecular flexibility index (Phi) is 4.12. The summed E-state index contributed by atoms with van der Waals surface area (Å²) < 4.78 is 33.5. The first-order valence-electron chi connectivity index (χ1n) is 7.98. The van der Waals surface area contributed by atoms with E-state index < -0.39 is 11.6 Å². The van der Waals surface area contributed by atoms with Crippen molar-refractivity contribution >= 4 is 11.3 Å². The molecule has 1 aliphatic heterocycles. The summed E-state index contributed by atoms with van der Waals surface area (Å²) in [5, 5.41) is 11.8. The molecule has 2 aliphatic rings. The van der Waals surface area contributed by atoms with Crippen LogP contribution >= 0.6 is 11.3 Å². The molecule has 1 unspecified atom stereocenters. The van der Waals surface area contributed by atoms with Crippen LogP contribution in [0.15, 0.2) is 23.6 Å². The van der Waals surface area contributed by atoms with Gasteiger partial charge in [0, 0.05) is 17.5 Å². The molecule has 1 spiro atoms. The number of hydrogen-bond donors (Lipinski definition) is 1. The largest absolute Gasteiger partial charge is 0.394 e. The van der Waals surface area contributed by atoms with Gasteiger partial charge >= 0.3 is 0 Å². The van der Waals surface area contributed by atoms with Gasteiger partial charge in [-0.1, -0.05) is 6.07 Å². The monoisotopic (exact) mass is 352 g/mol. The highest BCUT2D eigenvalue weighted by molar-refractivity contribution is 7.09. The van der Waals surface area contributed by atoms with Gasteiger partial charge in [-0.05, 0) is 25.0 Å². The van der Waals surface area contributed by atoms with Gasteiger partial charge in [0.2, 0.25) is 0 Å². The lowest BCUT2D eigenvalue weighted by molar-refractivity contribution is -0.0946. The number of aliphatic hydroxyl groups is 1. The van der Waals surface area contributed by atoms with Crippen molar-refractivity contribution in [3.63, 3.8) is 0 Å². The third kappa shape index (κ3) is 2.86. The molecule has 4 nitrogen and oxygen atoms in total. The predicted octanol–water partition coefficient (Wildman–Crippen LogP) is 2.81. The van der Waals surface area contributed by atoms with Gasteiger partial charge in [-0.15, -0.1) is 11.3 Å². The van der Waals surface area contributed by atoms with E-state index in [2.05, 4.69) is 9.88 Å². The van der Waals surface area contributed by atoms with Crippen molar-refractivity contribution in [1.29, 1.82) is 0 Å². The third-order valence-electron chi connectivity index (χ3n) is 4.81. The van der Waals surface area contributed by atoms with Crippen LogP contribution in [0.25, 0.3) is 11.3 Å². The maximum Gasteiger partial charge on any atom is 0.135 e. The minimum atomic E-state index is -0.600. The van der Waals surface area contributed by atoms with Gasteiger partial charge in [0.1, 0.15) is 16.6 Å². The van der Waals surface area contributed by atoms with Crippen LogP contribution in [0.3, 0.4) is 0 Å². The van der Waals surface area contributed by atoms with Crippen LogP contribution in [-0.4, -0.2) is 46.4 Å². The molecule has 1 aromatic heterocycles. The molecular weight excluding hydrogens is 334 g/mol. The van der Waals surface area contributed by atoms with Gasteiger partial charge in [-0.25, -0.2) is 13.8 Å². The fourth-order valence-electron chi connectivity index (χ4n) is 3.21. The Balaban J connectivity index is 1.55. The third-order valence-corrected chi connectivity index (χ3v) is 5.64. The van der Waals surface area contributed by atoms with E-state index in [9.17, 15) is 13.9 Å².